The summed E-state index contributed by atoms with van der Waals surface area (Å²) in [4.78, 5) is 0. The zero-order valence-electron chi connectivity index (χ0n) is 4.28. The number of nitrogens with two attached hydrogens (primary N) is 1. The lowest BCUT2D eigenvalue weighted by molar-refractivity contribution is 0.598. The summed E-state index contributed by atoms with van der Waals surface area (Å²) in [5.41, 5.74) is 2.53. The van der Waals surface area contributed by atoms with E-state index in [-0.39, 0.29) is 0 Å². The summed E-state index contributed by atoms with van der Waals surface area (Å²) in [6.07, 6.45) is 2.64. The first-order chi connectivity index (χ1) is 3.43. The van der Waals surface area contributed by atoms with Gasteiger partial charge >= 0.3 is 0 Å². The molecule has 1 rings (SSSR count). The Labute approximate surface area is 43.2 Å². The fourth-order valence-electron chi connectivity index (χ4n) is 0.491. The maximum absolute atomic E-state index is 4.99. The Morgan fingerprint density at radius 3 is 2.71 bits per heavy atom. The van der Waals surface area contributed by atoms with Gasteiger partial charge in [0.05, 0.1) is 6.67 Å². The van der Waals surface area contributed by atoms with Gasteiger partial charge < -0.3 is 5.32 Å². The molecule has 0 bridgehead atoms. The van der Waals surface area contributed by atoms with E-state index in [0.29, 0.717) is 0 Å². The van der Waals surface area contributed by atoms with Crippen LogP contribution in [-0.4, -0.2) is 12.7 Å². The van der Waals surface area contributed by atoms with Gasteiger partial charge in [0.15, 0.2) is 0 Å². The average Bonchev–Trinajstić information content (AvgIpc) is 2.42. The molecule has 42 valence electrons. The van der Waals surface area contributed by atoms with Gasteiger partial charge in [-0.25, -0.2) is 5.43 Å². The van der Waals surface area contributed by atoms with Gasteiger partial charge in [-0.1, -0.05) is 0 Å². The predicted molar refractivity (Wildman–Crippen MR) is 28.3 cm³/mol. The van der Waals surface area contributed by atoms with Crippen LogP contribution in [0.2, 0.25) is 0 Å². The first-order valence-electron chi connectivity index (χ1n) is 2.60. The number of hydrogen-bond acceptors (Lipinski definition) is 3. The van der Waals surface area contributed by atoms with E-state index in [9.17, 15) is 0 Å². The van der Waals surface area contributed by atoms with Gasteiger partial charge in [-0.3, -0.25) is 5.84 Å². The van der Waals surface area contributed by atoms with Crippen LogP contribution in [0.3, 0.4) is 0 Å². The van der Waals surface area contributed by atoms with E-state index >= 15 is 0 Å². The average molecular weight is 101 g/mol. The molecular weight excluding hydrogens is 90.1 g/mol. The summed E-state index contributed by atoms with van der Waals surface area (Å²) < 4.78 is 0. The van der Waals surface area contributed by atoms with Gasteiger partial charge in [-0.05, 0) is 12.8 Å². The third kappa shape index (κ3) is 1.87. The van der Waals surface area contributed by atoms with E-state index in [1.165, 1.54) is 12.8 Å². The minimum atomic E-state index is 0.741. The lowest BCUT2D eigenvalue weighted by Crippen LogP contribution is -2.34. The molecule has 3 nitrogen and oxygen atoms in total. The van der Waals surface area contributed by atoms with Crippen molar-refractivity contribution < 1.29 is 0 Å². The van der Waals surface area contributed by atoms with E-state index in [1.54, 1.807) is 0 Å². The molecule has 1 aliphatic carbocycles. The molecule has 0 radical (unpaired) electrons. The lowest BCUT2D eigenvalue weighted by Gasteiger charge is -1.96. The van der Waals surface area contributed by atoms with Crippen LogP contribution < -0.4 is 16.6 Å². The van der Waals surface area contributed by atoms with Crippen molar-refractivity contribution in [2.45, 2.75) is 18.9 Å². The summed E-state index contributed by atoms with van der Waals surface area (Å²) in [7, 11) is 0. The molecule has 0 aliphatic heterocycles. The molecule has 1 saturated carbocycles. The fourth-order valence-corrected chi connectivity index (χ4v) is 0.491. The van der Waals surface area contributed by atoms with E-state index < -0.39 is 0 Å². The Hall–Kier alpha value is -0.120. The zero-order valence-corrected chi connectivity index (χ0v) is 4.28. The summed E-state index contributed by atoms with van der Waals surface area (Å²) in [6, 6.07) is 0.760. The highest BCUT2D eigenvalue weighted by atomic mass is 15.3. The lowest BCUT2D eigenvalue weighted by atomic mass is 10.7. The number of hydrogen-bond donors (Lipinski definition) is 3. The van der Waals surface area contributed by atoms with Crippen LogP contribution >= 0.6 is 0 Å². The van der Waals surface area contributed by atoms with Crippen LogP contribution in [0.4, 0.5) is 0 Å². The summed E-state index contributed by atoms with van der Waals surface area (Å²) in [5, 5.41) is 3.17. The molecule has 0 saturated heterocycles. The van der Waals surface area contributed by atoms with E-state index in [0.717, 1.165) is 12.7 Å². The molecule has 7 heavy (non-hydrogen) atoms. The first-order valence-corrected chi connectivity index (χ1v) is 2.60. The highest BCUT2D eigenvalue weighted by Crippen LogP contribution is 2.17. The van der Waals surface area contributed by atoms with Crippen molar-refractivity contribution in [1.82, 2.24) is 10.7 Å². The smallest absolute Gasteiger partial charge is 0.0589 e. The second kappa shape index (κ2) is 2.26. The predicted octanol–water partition coefficient (Wildman–Crippen LogP) is -0.841. The van der Waals surface area contributed by atoms with Crippen molar-refractivity contribution in [3.63, 3.8) is 0 Å². The second-order valence-corrected chi connectivity index (χ2v) is 1.86. The minimum absolute atomic E-state index is 0.741. The molecule has 0 aromatic carbocycles. The van der Waals surface area contributed by atoms with Crippen LogP contribution in [0.25, 0.3) is 0 Å². The Bertz CT molecular complexity index is 50.9. The summed E-state index contributed by atoms with van der Waals surface area (Å²) in [6.45, 7) is 0.741. The third-order valence-electron chi connectivity index (χ3n) is 1.07. The van der Waals surface area contributed by atoms with Gasteiger partial charge in [0.25, 0.3) is 0 Å². The van der Waals surface area contributed by atoms with Crippen LogP contribution in [0.15, 0.2) is 0 Å². The van der Waals surface area contributed by atoms with Crippen molar-refractivity contribution in [1.29, 1.82) is 0 Å². The highest BCUT2D eigenvalue weighted by Gasteiger charge is 2.18. The second-order valence-electron chi connectivity index (χ2n) is 1.86. The van der Waals surface area contributed by atoms with Crippen LogP contribution in [0, 0.1) is 0 Å². The van der Waals surface area contributed by atoms with Crippen molar-refractivity contribution >= 4 is 0 Å². The maximum atomic E-state index is 4.99. The van der Waals surface area contributed by atoms with E-state index in [2.05, 4.69) is 10.7 Å². The summed E-state index contributed by atoms with van der Waals surface area (Å²) in [5.74, 6) is 4.99. The molecule has 4 N–H and O–H groups in total. The van der Waals surface area contributed by atoms with E-state index in [4.69, 9.17) is 5.84 Å². The topological polar surface area (TPSA) is 50.1 Å². The number of hydrazine groups is 1. The highest BCUT2D eigenvalue weighted by molar-refractivity contribution is 4.79. The molecule has 0 amide bonds. The molecule has 0 aromatic heterocycles. The van der Waals surface area contributed by atoms with Crippen LogP contribution in [0.5, 0.6) is 0 Å². The largest absolute Gasteiger partial charge is 0.301 e. The molecule has 1 aliphatic rings. The van der Waals surface area contributed by atoms with Gasteiger partial charge in [-0.2, -0.15) is 0 Å². The quantitative estimate of drug-likeness (QED) is 0.247. The Morgan fingerprint density at radius 2 is 2.29 bits per heavy atom. The molecule has 0 spiro atoms. The Kier molecular flexibility index (Phi) is 1.62. The maximum Gasteiger partial charge on any atom is 0.0589 e. The van der Waals surface area contributed by atoms with Gasteiger partial charge in [-0.15, -0.1) is 0 Å². The van der Waals surface area contributed by atoms with Crippen molar-refractivity contribution in [3.8, 4) is 0 Å². The molecular formula is C4H11N3. The Morgan fingerprint density at radius 1 is 1.57 bits per heavy atom. The molecule has 0 atom stereocenters. The first kappa shape index (κ1) is 5.03. The van der Waals surface area contributed by atoms with Gasteiger partial charge in [0, 0.05) is 6.04 Å². The molecule has 1 fully saturated rings. The zero-order chi connectivity index (χ0) is 5.11. The normalized spacial score (nSPS) is 20.1. The third-order valence-corrected chi connectivity index (χ3v) is 1.07. The van der Waals surface area contributed by atoms with Gasteiger partial charge in [0.2, 0.25) is 0 Å². The monoisotopic (exact) mass is 101 g/mol. The van der Waals surface area contributed by atoms with Crippen LogP contribution in [0.1, 0.15) is 12.8 Å². The molecule has 0 unspecified atom stereocenters. The van der Waals surface area contributed by atoms with Crippen LogP contribution in [-0.2, 0) is 0 Å². The van der Waals surface area contributed by atoms with Crippen molar-refractivity contribution in [3.05, 3.63) is 0 Å². The minimum Gasteiger partial charge on any atom is -0.301 e. The van der Waals surface area contributed by atoms with Gasteiger partial charge in [0.1, 0.15) is 0 Å². The molecule has 0 heterocycles. The van der Waals surface area contributed by atoms with E-state index in [1.807, 2.05) is 0 Å². The Balaban J connectivity index is 1.80. The standard InChI is InChI=1S/C4H11N3/c5-7-3-6-4-1-2-4/h4,6-7H,1-3,5H2. The molecule has 0 aromatic rings. The number of nitrogens with one attached hydrogen (secondary N) is 2. The number of rotatable bonds is 3. The SMILES string of the molecule is NNCNC1CC1. The summed E-state index contributed by atoms with van der Waals surface area (Å²) >= 11 is 0. The van der Waals surface area contributed by atoms with Crippen molar-refractivity contribution in [2.75, 3.05) is 6.67 Å². The fraction of sp³-hybridized carbons (Fsp3) is 1.00. The molecule has 3 heteroatoms. The van der Waals surface area contributed by atoms with Crippen molar-refractivity contribution in [2.24, 2.45) is 5.84 Å².